The van der Waals surface area contributed by atoms with E-state index in [9.17, 15) is 0 Å². The molecule has 0 saturated carbocycles. The molecule has 0 fully saturated rings. The van der Waals surface area contributed by atoms with Crippen LogP contribution in [0.4, 0.5) is 0 Å². The highest BCUT2D eigenvalue weighted by Crippen LogP contribution is 2.11. The summed E-state index contributed by atoms with van der Waals surface area (Å²) in [5.41, 5.74) is 2.27. The lowest BCUT2D eigenvalue weighted by Crippen LogP contribution is -2.36. The van der Waals surface area contributed by atoms with Gasteiger partial charge in [-0.2, -0.15) is 0 Å². The smallest absolute Gasteiger partial charge is 0.191 e. The first-order valence-corrected chi connectivity index (χ1v) is 7.41. The molecule has 0 bridgehead atoms. The molecule has 2 N–H and O–H groups in total. The fourth-order valence-corrected chi connectivity index (χ4v) is 2.20. The van der Waals surface area contributed by atoms with Crippen molar-refractivity contribution in [2.75, 3.05) is 14.2 Å². The number of guanidine groups is 1. The maximum atomic E-state index is 5.98. The number of ether oxygens (including phenoxy) is 1. The van der Waals surface area contributed by atoms with Gasteiger partial charge in [0.25, 0.3) is 0 Å². The molecule has 0 aliphatic rings. The van der Waals surface area contributed by atoms with Crippen molar-refractivity contribution in [2.24, 2.45) is 4.99 Å². The summed E-state index contributed by atoms with van der Waals surface area (Å²) >= 11 is 5.98. The van der Waals surface area contributed by atoms with E-state index in [1.165, 1.54) is 0 Å². The van der Waals surface area contributed by atoms with Crippen molar-refractivity contribution in [1.82, 2.24) is 10.6 Å². The minimum Gasteiger partial charge on any atom is -0.497 e. The van der Waals surface area contributed by atoms with Gasteiger partial charge in [-0.05, 0) is 35.4 Å². The van der Waals surface area contributed by atoms with Gasteiger partial charge in [0.05, 0.1) is 7.11 Å². The molecule has 0 heterocycles. The summed E-state index contributed by atoms with van der Waals surface area (Å²) in [5.74, 6) is 1.60. The summed E-state index contributed by atoms with van der Waals surface area (Å²) in [4.78, 5) is 4.21. The number of methoxy groups -OCH3 is 1. The standard InChI is InChI=1S/C17H20ClN3O/c1-19-17(21-12-14-4-3-5-15(18)10-14)20-11-13-6-8-16(22-2)9-7-13/h3-10H,11-12H2,1-2H3,(H2,19,20,21). The third-order valence-electron chi connectivity index (χ3n) is 3.19. The molecule has 0 aliphatic heterocycles. The Morgan fingerprint density at radius 3 is 2.32 bits per heavy atom. The van der Waals surface area contributed by atoms with Crippen LogP contribution >= 0.6 is 11.6 Å². The molecule has 4 nitrogen and oxygen atoms in total. The quantitative estimate of drug-likeness (QED) is 0.657. The molecule has 0 amide bonds. The normalized spacial score (nSPS) is 11.1. The SMILES string of the molecule is CN=C(NCc1ccc(OC)cc1)NCc1cccc(Cl)c1. The van der Waals surface area contributed by atoms with Crippen molar-refractivity contribution in [3.8, 4) is 5.75 Å². The number of nitrogens with zero attached hydrogens (tertiary/aromatic N) is 1. The van der Waals surface area contributed by atoms with Crippen LogP contribution in [-0.4, -0.2) is 20.1 Å². The molecule has 116 valence electrons. The number of aliphatic imine (C=N–C) groups is 1. The van der Waals surface area contributed by atoms with Crippen LogP contribution in [-0.2, 0) is 13.1 Å². The largest absolute Gasteiger partial charge is 0.497 e. The maximum absolute atomic E-state index is 5.98. The van der Waals surface area contributed by atoms with E-state index in [0.29, 0.717) is 13.1 Å². The van der Waals surface area contributed by atoms with Gasteiger partial charge in [-0.15, -0.1) is 0 Å². The van der Waals surface area contributed by atoms with Crippen LogP contribution in [0.15, 0.2) is 53.5 Å². The highest BCUT2D eigenvalue weighted by molar-refractivity contribution is 6.30. The maximum Gasteiger partial charge on any atom is 0.191 e. The summed E-state index contributed by atoms with van der Waals surface area (Å²) in [5, 5.41) is 7.27. The third kappa shape index (κ3) is 4.97. The monoisotopic (exact) mass is 317 g/mol. The third-order valence-corrected chi connectivity index (χ3v) is 3.43. The first kappa shape index (κ1) is 16.2. The van der Waals surface area contributed by atoms with E-state index in [4.69, 9.17) is 16.3 Å². The second-order valence-electron chi connectivity index (χ2n) is 4.76. The highest BCUT2D eigenvalue weighted by Gasteiger charge is 2.00. The Labute approximate surface area is 136 Å². The molecule has 2 rings (SSSR count). The topological polar surface area (TPSA) is 45.7 Å². The van der Waals surface area contributed by atoms with E-state index in [-0.39, 0.29) is 0 Å². The van der Waals surface area contributed by atoms with Crippen LogP contribution in [0.3, 0.4) is 0 Å². The van der Waals surface area contributed by atoms with E-state index in [0.717, 1.165) is 27.9 Å². The molecule has 0 aliphatic carbocycles. The Kier molecular flexibility index (Phi) is 6.10. The average Bonchev–Trinajstić information content (AvgIpc) is 2.55. The van der Waals surface area contributed by atoms with Crippen LogP contribution in [0.5, 0.6) is 5.75 Å². The van der Waals surface area contributed by atoms with E-state index in [1.807, 2.05) is 48.5 Å². The first-order chi connectivity index (χ1) is 10.7. The molecule has 2 aromatic rings. The van der Waals surface area contributed by atoms with Crippen LogP contribution < -0.4 is 15.4 Å². The summed E-state index contributed by atoms with van der Waals surface area (Å²) in [6.45, 7) is 1.36. The van der Waals surface area contributed by atoms with Gasteiger partial charge in [-0.1, -0.05) is 35.9 Å². The number of nitrogens with one attached hydrogen (secondary N) is 2. The first-order valence-electron chi connectivity index (χ1n) is 7.03. The van der Waals surface area contributed by atoms with Crippen molar-refractivity contribution in [1.29, 1.82) is 0 Å². The van der Waals surface area contributed by atoms with Crippen molar-refractivity contribution in [2.45, 2.75) is 13.1 Å². The van der Waals surface area contributed by atoms with Crippen molar-refractivity contribution >= 4 is 17.6 Å². The zero-order chi connectivity index (χ0) is 15.8. The van der Waals surface area contributed by atoms with Crippen molar-refractivity contribution < 1.29 is 4.74 Å². The van der Waals surface area contributed by atoms with E-state index >= 15 is 0 Å². The molecular formula is C17H20ClN3O. The van der Waals surface area contributed by atoms with Crippen LogP contribution in [0, 0.1) is 0 Å². The second-order valence-corrected chi connectivity index (χ2v) is 5.19. The van der Waals surface area contributed by atoms with Gasteiger partial charge in [-0.25, -0.2) is 0 Å². The van der Waals surface area contributed by atoms with Gasteiger partial charge >= 0.3 is 0 Å². The van der Waals surface area contributed by atoms with E-state index in [1.54, 1.807) is 14.2 Å². The van der Waals surface area contributed by atoms with Gasteiger partial charge in [0, 0.05) is 25.2 Å². The Bertz CT molecular complexity index is 626. The van der Waals surface area contributed by atoms with Gasteiger partial charge in [0.1, 0.15) is 5.75 Å². The summed E-state index contributed by atoms with van der Waals surface area (Å²) in [6, 6.07) is 15.7. The minimum absolute atomic E-state index is 0.669. The van der Waals surface area contributed by atoms with Crippen LogP contribution in [0.2, 0.25) is 5.02 Å². The average molecular weight is 318 g/mol. The number of hydrogen-bond donors (Lipinski definition) is 2. The van der Waals surface area contributed by atoms with E-state index in [2.05, 4.69) is 15.6 Å². The molecule has 0 spiro atoms. The number of halogens is 1. The Morgan fingerprint density at radius 2 is 1.73 bits per heavy atom. The fraction of sp³-hybridized carbons (Fsp3) is 0.235. The molecule has 2 aromatic carbocycles. The Morgan fingerprint density at radius 1 is 1.05 bits per heavy atom. The number of hydrogen-bond acceptors (Lipinski definition) is 2. The van der Waals surface area contributed by atoms with E-state index < -0.39 is 0 Å². The second kappa shape index (κ2) is 8.29. The molecule has 0 radical (unpaired) electrons. The number of benzene rings is 2. The lowest BCUT2D eigenvalue weighted by atomic mass is 10.2. The Hall–Kier alpha value is -2.20. The predicted octanol–water partition coefficient (Wildman–Crippen LogP) is 3.21. The van der Waals surface area contributed by atoms with Gasteiger partial charge in [-0.3, -0.25) is 4.99 Å². The number of rotatable bonds is 5. The lowest BCUT2D eigenvalue weighted by molar-refractivity contribution is 0.414. The molecule has 0 aromatic heterocycles. The van der Waals surface area contributed by atoms with Gasteiger partial charge in [0.2, 0.25) is 0 Å². The summed E-state index contributed by atoms with van der Waals surface area (Å²) < 4.78 is 5.15. The van der Waals surface area contributed by atoms with Crippen molar-refractivity contribution in [3.63, 3.8) is 0 Å². The fourth-order valence-electron chi connectivity index (χ4n) is 1.98. The zero-order valence-corrected chi connectivity index (χ0v) is 13.5. The Balaban J connectivity index is 1.84. The van der Waals surface area contributed by atoms with Crippen LogP contribution in [0.25, 0.3) is 0 Å². The molecule has 0 unspecified atom stereocenters. The summed E-state index contributed by atoms with van der Waals surface area (Å²) in [7, 11) is 3.41. The molecule has 5 heteroatoms. The molecule has 22 heavy (non-hydrogen) atoms. The highest BCUT2D eigenvalue weighted by atomic mass is 35.5. The van der Waals surface area contributed by atoms with Gasteiger partial charge < -0.3 is 15.4 Å². The van der Waals surface area contributed by atoms with Crippen molar-refractivity contribution in [3.05, 3.63) is 64.7 Å². The van der Waals surface area contributed by atoms with Gasteiger partial charge in [0.15, 0.2) is 5.96 Å². The lowest BCUT2D eigenvalue weighted by Gasteiger charge is -2.12. The minimum atomic E-state index is 0.669. The molecular weight excluding hydrogens is 298 g/mol. The van der Waals surface area contributed by atoms with Crippen LogP contribution in [0.1, 0.15) is 11.1 Å². The molecule has 0 atom stereocenters. The predicted molar refractivity (Wildman–Crippen MR) is 91.5 cm³/mol. The molecule has 0 saturated heterocycles. The zero-order valence-electron chi connectivity index (χ0n) is 12.8. The summed E-state index contributed by atoms with van der Waals surface area (Å²) in [6.07, 6.45) is 0.